The van der Waals surface area contributed by atoms with E-state index in [2.05, 4.69) is 12.1 Å². The highest BCUT2D eigenvalue weighted by Crippen LogP contribution is 2.22. The molecule has 1 aliphatic heterocycles. The number of hydrogen-bond acceptors (Lipinski definition) is 4. The van der Waals surface area contributed by atoms with Crippen molar-refractivity contribution >= 4 is 17.3 Å². The molecule has 0 radical (unpaired) electrons. The quantitative estimate of drug-likeness (QED) is 0.760. The van der Waals surface area contributed by atoms with Gasteiger partial charge in [0.25, 0.3) is 0 Å². The summed E-state index contributed by atoms with van der Waals surface area (Å²) in [5, 5.41) is 2.10. The fraction of sp³-hybridized carbons (Fsp3) is 0.316. The summed E-state index contributed by atoms with van der Waals surface area (Å²) >= 11 is 0. The summed E-state index contributed by atoms with van der Waals surface area (Å²) in [6.45, 7) is 1.11. The maximum absolute atomic E-state index is 12.1. The Balaban J connectivity index is 1.86. The second-order valence-corrected chi connectivity index (χ2v) is 5.91. The summed E-state index contributed by atoms with van der Waals surface area (Å²) in [6.07, 6.45) is 8.07. The highest BCUT2D eigenvalue weighted by atomic mass is 16.5. The van der Waals surface area contributed by atoms with Gasteiger partial charge in [0.1, 0.15) is 24.9 Å². The summed E-state index contributed by atoms with van der Waals surface area (Å²) < 4.78 is 11.3. The Morgan fingerprint density at radius 2 is 2.00 bits per heavy atom. The second kappa shape index (κ2) is 6.84. The molecule has 0 amide bonds. The SMILES string of the molecule is CN(C)CCOC(=O)CC1=c2ccccc2=C2C=CC=CC2O1. The summed E-state index contributed by atoms with van der Waals surface area (Å²) in [4.78, 5) is 14.1. The van der Waals surface area contributed by atoms with Crippen molar-refractivity contribution in [1.82, 2.24) is 4.90 Å². The molecular formula is C19H21NO3. The number of nitrogens with zero attached hydrogens (tertiary/aromatic N) is 1. The summed E-state index contributed by atoms with van der Waals surface area (Å²) in [5.41, 5.74) is 1.13. The summed E-state index contributed by atoms with van der Waals surface area (Å²) in [5.74, 6) is 0.430. The van der Waals surface area contributed by atoms with Crippen LogP contribution in [0, 0.1) is 0 Å². The minimum atomic E-state index is -0.254. The average Bonchev–Trinajstić information content (AvgIpc) is 2.55. The molecule has 1 atom stereocenters. The van der Waals surface area contributed by atoms with Crippen LogP contribution in [0.1, 0.15) is 6.42 Å². The van der Waals surface area contributed by atoms with Gasteiger partial charge in [-0.3, -0.25) is 4.79 Å². The van der Waals surface area contributed by atoms with E-state index < -0.39 is 0 Å². The lowest BCUT2D eigenvalue weighted by Crippen LogP contribution is -2.38. The second-order valence-electron chi connectivity index (χ2n) is 5.91. The highest BCUT2D eigenvalue weighted by molar-refractivity contribution is 5.79. The Labute approximate surface area is 136 Å². The van der Waals surface area contributed by atoms with E-state index in [1.54, 1.807) is 0 Å². The maximum Gasteiger partial charge on any atom is 0.313 e. The number of hydrogen-bond donors (Lipinski definition) is 0. The molecule has 0 saturated heterocycles. The van der Waals surface area contributed by atoms with Gasteiger partial charge in [-0.2, -0.15) is 0 Å². The number of benzene rings is 1. The molecule has 0 N–H and O–H groups in total. The molecule has 3 rings (SSSR count). The van der Waals surface area contributed by atoms with E-state index >= 15 is 0 Å². The first-order valence-electron chi connectivity index (χ1n) is 7.79. The van der Waals surface area contributed by atoms with E-state index in [1.807, 2.05) is 55.4 Å². The maximum atomic E-state index is 12.1. The molecule has 1 aromatic rings. The Bertz CT molecular complexity index is 774. The molecule has 4 nitrogen and oxygen atoms in total. The fourth-order valence-corrected chi connectivity index (χ4v) is 2.72. The standard InChI is InChI=1S/C19H21NO3/c1-20(2)11-12-22-19(21)13-18-16-9-4-3-7-14(16)15-8-5-6-10-17(15)23-18/h3-10,17H,11-13H2,1-2H3. The van der Waals surface area contributed by atoms with Crippen LogP contribution in [0.4, 0.5) is 0 Å². The third kappa shape index (κ3) is 3.54. The van der Waals surface area contributed by atoms with Crippen LogP contribution in [0.3, 0.4) is 0 Å². The fourth-order valence-electron chi connectivity index (χ4n) is 2.72. The third-order valence-electron chi connectivity index (χ3n) is 3.89. The molecule has 1 aliphatic carbocycles. The zero-order valence-electron chi connectivity index (χ0n) is 13.5. The van der Waals surface area contributed by atoms with Gasteiger partial charge < -0.3 is 14.4 Å². The van der Waals surface area contributed by atoms with Gasteiger partial charge in [-0.1, -0.05) is 42.5 Å². The Hall–Kier alpha value is -2.33. The number of ether oxygens (including phenoxy) is 2. The van der Waals surface area contributed by atoms with Crippen LogP contribution in [0.5, 0.6) is 0 Å². The topological polar surface area (TPSA) is 38.8 Å². The van der Waals surface area contributed by atoms with E-state index in [0.717, 1.165) is 16.0 Å². The van der Waals surface area contributed by atoms with Crippen LogP contribution in [0.15, 0.2) is 48.6 Å². The largest absolute Gasteiger partial charge is 0.485 e. The molecule has 120 valence electrons. The van der Waals surface area contributed by atoms with Crippen molar-refractivity contribution in [3.05, 3.63) is 59.0 Å². The first kappa shape index (κ1) is 15.6. The van der Waals surface area contributed by atoms with Gasteiger partial charge in [-0.15, -0.1) is 0 Å². The van der Waals surface area contributed by atoms with Gasteiger partial charge in [-0.25, -0.2) is 0 Å². The highest BCUT2D eigenvalue weighted by Gasteiger charge is 2.22. The van der Waals surface area contributed by atoms with E-state index in [-0.39, 0.29) is 18.5 Å². The Morgan fingerprint density at radius 1 is 1.22 bits per heavy atom. The average molecular weight is 311 g/mol. The molecule has 1 unspecified atom stereocenters. The van der Waals surface area contributed by atoms with Gasteiger partial charge >= 0.3 is 5.97 Å². The molecule has 23 heavy (non-hydrogen) atoms. The number of rotatable bonds is 5. The summed E-state index contributed by atoms with van der Waals surface area (Å²) in [6, 6.07) is 8.03. The minimum absolute atomic E-state index is 0.125. The molecule has 0 aromatic heterocycles. The molecular weight excluding hydrogens is 290 g/mol. The lowest BCUT2D eigenvalue weighted by Gasteiger charge is -2.25. The van der Waals surface area contributed by atoms with Crippen molar-refractivity contribution in [3.63, 3.8) is 0 Å². The number of carbonyl (C=O) groups is 1. The molecule has 2 aliphatic rings. The van der Waals surface area contributed by atoms with Crippen molar-refractivity contribution < 1.29 is 14.3 Å². The smallest absolute Gasteiger partial charge is 0.313 e. The van der Waals surface area contributed by atoms with E-state index in [4.69, 9.17) is 9.47 Å². The van der Waals surface area contributed by atoms with Crippen LogP contribution >= 0.6 is 0 Å². The molecule has 0 saturated carbocycles. The zero-order valence-corrected chi connectivity index (χ0v) is 13.5. The van der Waals surface area contributed by atoms with Gasteiger partial charge in [0.05, 0.1) is 0 Å². The van der Waals surface area contributed by atoms with Gasteiger partial charge in [0.2, 0.25) is 0 Å². The van der Waals surface area contributed by atoms with Crippen LogP contribution in [0.25, 0.3) is 11.3 Å². The lowest BCUT2D eigenvalue weighted by atomic mass is 9.97. The molecule has 0 spiro atoms. The van der Waals surface area contributed by atoms with E-state index in [9.17, 15) is 4.79 Å². The molecule has 4 heteroatoms. The number of carbonyl (C=O) groups excluding carboxylic acids is 1. The monoisotopic (exact) mass is 311 g/mol. The van der Waals surface area contributed by atoms with Gasteiger partial charge in [0.15, 0.2) is 0 Å². The molecule has 1 heterocycles. The van der Waals surface area contributed by atoms with Crippen LogP contribution in [0.2, 0.25) is 0 Å². The first-order valence-corrected chi connectivity index (χ1v) is 7.79. The molecule has 0 bridgehead atoms. The van der Waals surface area contributed by atoms with Crippen molar-refractivity contribution in [2.75, 3.05) is 27.2 Å². The van der Waals surface area contributed by atoms with E-state index in [1.165, 1.54) is 0 Å². The minimum Gasteiger partial charge on any atom is -0.485 e. The van der Waals surface area contributed by atoms with Crippen molar-refractivity contribution in [2.24, 2.45) is 0 Å². The van der Waals surface area contributed by atoms with Crippen LogP contribution in [-0.4, -0.2) is 44.2 Å². The number of likely N-dealkylation sites (N-methyl/N-ethyl adjacent to an activating group) is 1. The first-order chi connectivity index (χ1) is 11.1. The molecule has 1 aromatic carbocycles. The van der Waals surface area contributed by atoms with Crippen molar-refractivity contribution in [1.29, 1.82) is 0 Å². The number of esters is 1. The Kier molecular flexibility index (Phi) is 4.63. The number of fused-ring (bicyclic) bond motifs is 2. The van der Waals surface area contributed by atoms with E-state index in [0.29, 0.717) is 18.9 Å². The van der Waals surface area contributed by atoms with Crippen LogP contribution < -0.4 is 10.4 Å². The Morgan fingerprint density at radius 3 is 2.78 bits per heavy atom. The molecule has 0 fully saturated rings. The summed E-state index contributed by atoms with van der Waals surface area (Å²) in [7, 11) is 3.90. The third-order valence-corrected chi connectivity index (χ3v) is 3.89. The van der Waals surface area contributed by atoms with Crippen molar-refractivity contribution in [3.8, 4) is 0 Å². The van der Waals surface area contributed by atoms with Crippen molar-refractivity contribution in [2.45, 2.75) is 12.5 Å². The lowest BCUT2D eigenvalue weighted by molar-refractivity contribution is -0.143. The van der Waals surface area contributed by atoms with Gasteiger partial charge in [0, 0.05) is 17.3 Å². The zero-order chi connectivity index (χ0) is 16.2. The van der Waals surface area contributed by atoms with Gasteiger partial charge in [-0.05, 0) is 25.4 Å². The predicted molar refractivity (Wildman–Crippen MR) is 89.8 cm³/mol. The number of allylic oxidation sites excluding steroid dienone is 2. The van der Waals surface area contributed by atoms with Crippen LogP contribution in [-0.2, 0) is 14.3 Å². The normalized spacial score (nSPS) is 18.5. The predicted octanol–water partition coefficient (Wildman–Crippen LogP) is 0.965.